The van der Waals surface area contributed by atoms with Crippen LogP contribution >= 0.6 is 0 Å². The molecule has 0 radical (unpaired) electrons. The molecule has 2 atom stereocenters. The summed E-state index contributed by atoms with van der Waals surface area (Å²) in [4.78, 5) is 30.5. The number of carbonyl (C=O) groups excluding carboxylic acids is 2. The zero-order chi connectivity index (χ0) is 25.2. The fourth-order valence-electron chi connectivity index (χ4n) is 5.14. The number of ketones is 1. The SMILES string of the molecule is COc1cc(-c2cn[nH]c2)ccc1CC(=O)C1COc2ccc(C(=O)N(C)C3CCN(C)C3)cc2C1. The maximum Gasteiger partial charge on any atom is 0.253 e. The van der Waals surface area contributed by atoms with Crippen LogP contribution in [0.1, 0.15) is 27.9 Å². The molecule has 2 unspecified atom stereocenters. The number of aromatic nitrogens is 2. The quantitative estimate of drug-likeness (QED) is 0.550. The number of hydrogen-bond acceptors (Lipinski definition) is 6. The summed E-state index contributed by atoms with van der Waals surface area (Å²) in [6.45, 7) is 2.23. The number of H-pyrrole nitrogens is 1. The van der Waals surface area contributed by atoms with Gasteiger partial charge in [0.1, 0.15) is 17.3 Å². The Balaban J connectivity index is 1.28. The van der Waals surface area contributed by atoms with E-state index in [4.69, 9.17) is 9.47 Å². The van der Waals surface area contributed by atoms with Crippen molar-refractivity contribution in [3.63, 3.8) is 0 Å². The van der Waals surface area contributed by atoms with Crippen molar-refractivity contribution in [1.29, 1.82) is 0 Å². The number of rotatable bonds is 7. The van der Waals surface area contributed by atoms with Crippen molar-refractivity contribution in [2.24, 2.45) is 5.92 Å². The number of benzene rings is 2. The van der Waals surface area contributed by atoms with Crippen molar-refractivity contribution in [3.05, 3.63) is 65.5 Å². The lowest BCUT2D eigenvalue weighted by molar-refractivity contribution is -0.123. The third kappa shape index (κ3) is 4.86. The summed E-state index contributed by atoms with van der Waals surface area (Å²) >= 11 is 0. The first-order chi connectivity index (χ1) is 17.4. The molecule has 188 valence electrons. The first kappa shape index (κ1) is 24.1. The van der Waals surface area contributed by atoms with Crippen molar-refractivity contribution >= 4 is 11.7 Å². The van der Waals surface area contributed by atoms with Crippen molar-refractivity contribution < 1.29 is 19.1 Å². The van der Waals surface area contributed by atoms with Gasteiger partial charge in [0.2, 0.25) is 0 Å². The third-order valence-corrected chi connectivity index (χ3v) is 7.39. The molecule has 3 heterocycles. The van der Waals surface area contributed by atoms with Gasteiger partial charge in [0.05, 0.1) is 25.8 Å². The summed E-state index contributed by atoms with van der Waals surface area (Å²) in [5.41, 5.74) is 4.31. The summed E-state index contributed by atoms with van der Waals surface area (Å²) in [6.07, 6.45) is 5.37. The van der Waals surface area contributed by atoms with Gasteiger partial charge >= 0.3 is 0 Å². The van der Waals surface area contributed by atoms with E-state index in [1.165, 1.54) is 0 Å². The fraction of sp³-hybridized carbons (Fsp3) is 0.393. The van der Waals surface area contributed by atoms with Crippen LogP contribution in [0.4, 0.5) is 0 Å². The number of methoxy groups -OCH3 is 1. The number of carbonyl (C=O) groups is 2. The van der Waals surface area contributed by atoms with Crippen LogP contribution < -0.4 is 9.47 Å². The van der Waals surface area contributed by atoms with Gasteiger partial charge in [-0.3, -0.25) is 14.7 Å². The zero-order valence-corrected chi connectivity index (χ0v) is 21.0. The predicted molar refractivity (Wildman–Crippen MR) is 136 cm³/mol. The molecule has 3 aromatic rings. The number of ether oxygens (including phenoxy) is 2. The number of amides is 1. The van der Waals surface area contributed by atoms with Gasteiger partial charge < -0.3 is 19.3 Å². The third-order valence-electron chi connectivity index (χ3n) is 7.39. The molecule has 1 N–H and O–H groups in total. The van der Waals surface area contributed by atoms with Gasteiger partial charge in [-0.2, -0.15) is 5.10 Å². The van der Waals surface area contributed by atoms with Crippen molar-refractivity contribution in [1.82, 2.24) is 20.0 Å². The highest BCUT2D eigenvalue weighted by Gasteiger charge is 2.30. The van der Waals surface area contributed by atoms with E-state index in [0.717, 1.165) is 47.5 Å². The minimum absolute atomic E-state index is 0.00833. The molecule has 0 spiro atoms. The Morgan fingerprint density at radius 1 is 1.22 bits per heavy atom. The van der Waals surface area contributed by atoms with Gasteiger partial charge in [-0.1, -0.05) is 12.1 Å². The number of nitrogens with zero attached hydrogens (tertiary/aromatic N) is 3. The average molecular weight is 489 g/mol. The summed E-state index contributed by atoms with van der Waals surface area (Å²) < 4.78 is 11.5. The Morgan fingerprint density at radius 2 is 2.08 bits per heavy atom. The fourth-order valence-corrected chi connectivity index (χ4v) is 5.14. The first-order valence-corrected chi connectivity index (χ1v) is 12.3. The molecule has 0 bridgehead atoms. The van der Waals surface area contributed by atoms with Gasteiger partial charge in [-0.05, 0) is 61.8 Å². The maximum absolute atomic E-state index is 13.3. The topological polar surface area (TPSA) is 87.8 Å². The molecule has 2 aliphatic rings. The van der Waals surface area contributed by atoms with Crippen LogP contribution in [-0.2, 0) is 17.6 Å². The monoisotopic (exact) mass is 488 g/mol. The van der Waals surface area contributed by atoms with Crippen LogP contribution in [-0.4, -0.2) is 78.6 Å². The lowest BCUT2D eigenvalue weighted by Gasteiger charge is -2.27. The second-order valence-electron chi connectivity index (χ2n) is 9.81. The van der Waals surface area contributed by atoms with Crippen molar-refractivity contribution in [2.75, 3.05) is 40.9 Å². The number of likely N-dealkylation sites (N-methyl/N-ethyl adjacent to an activating group) is 2. The van der Waals surface area contributed by atoms with Gasteiger partial charge in [0.15, 0.2) is 0 Å². The highest BCUT2D eigenvalue weighted by atomic mass is 16.5. The van der Waals surface area contributed by atoms with Crippen LogP contribution in [0.3, 0.4) is 0 Å². The minimum atomic E-state index is -0.276. The van der Waals surface area contributed by atoms with Crippen LogP contribution in [0.5, 0.6) is 11.5 Å². The van der Waals surface area contributed by atoms with Crippen molar-refractivity contribution in [2.45, 2.75) is 25.3 Å². The van der Waals surface area contributed by atoms with Crippen LogP contribution in [0.2, 0.25) is 0 Å². The Morgan fingerprint density at radius 3 is 2.81 bits per heavy atom. The van der Waals surface area contributed by atoms with E-state index in [9.17, 15) is 9.59 Å². The zero-order valence-electron chi connectivity index (χ0n) is 21.0. The standard InChI is InChI=1S/C28H32N4O4/c1-31-9-8-24(16-31)32(2)28(34)20-6-7-26-21(10-20)11-22(17-36-26)25(33)12-19-5-4-18(13-27(19)35-3)23-14-29-30-15-23/h4-7,10,13-15,22,24H,8-9,11-12,16-17H2,1-3H3,(H,29,30). The molecule has 8 nitrogen and oxygen atoms in total. The molecule has 0 saturated carbocycles. The van der Waals surface area contributed by atoms with Gasteiger partial charge in [0.25, 0.3) is 5.91 Å². The molecule has 5 rings (SSSR count). The number of likely N-dealkylation sites (tertiary alicyclic amines) is 1. The summed E-state index contributed by atoms with van der Waals surface area (Å²) in [5, 5.41) is 6.81. The lowest BCUT2D eigenvalue weighted by atomic mass is 9.89. The summed E-state index contributed by atoms with van der Waals surface area (Å²) in [5.74, 6) is 1.25. The molecule has 0 aliphatic carbocycles. The minimum Gasteiger partial charge on any atom is -0.496 e. The highest BCUT2D eigenvalue weighted by molar-refractivity contribution is 5.95. The molecule has 2 aromatic carbocycles. The van der Waals surface area contributed by atoms with Crippen LogP contribution in [0, 0.1) is 5.92 Å². The molecule has 1 aromatic heterocycles. The van der Waals surface area contributed by atoms with Crippen molar-refractivity contribution in [3.8, 4) is 22.6 Å². The predicted octanol–water partition coefficient (Wildman–Crippen LogP) is 3.22. The number of nitrogens with one attached hydrogen (secondary N) is 1. The van der Waals surface area contributed by atoms with Gasteiger partial charge in [0, 0.05) is 48.9 Å². The van der Waals surface area contributed by atoms with E-state index in [1.807, 2.05) is 54.5 Å². The number of hydrogen-bond donors (Lipinski definition) is 1. The average Bonchev–Trinajstić information content (AvgIpc) is 3.59. The largest absolute Gasteiger partial charge is 0.496 e. The van der Waals surface area contributed by atoms with Gasteiger partial charge in [-0.25, -0.2) is 0 Å². The van der Waals surface area contributed by atoms with E-state index in [0.29, 0.717) is 24.3 Å². The van der Waals surface area contributed by atoms with Crippen LogP contribution in [0.25, 0.3) is 11.1 Å². The Kier molecular flexibility index (Phi) is 6.78. The summed E-state index contributed by atoms with van der Waals surface area (Å²) in [6, 6.07) is 11.6. The van der Waals surface area contributed by atoms with E-state index in [1.54, 1.807) is 13.3 Å². The first-order valence-electron chi connectivity index (χ1n) is 12.3. The second kappa shape index (κ2) is 10.1. The highest BCUT2D eigenvalue weighted by Crippen LogP contribution is 2.32. The molecular formula is C28H32N4O4. The second-order valence-corrected chi connectivity index (χ2v) is 9.81. The molecule has 36 heavy (non-hydrogen) atoms. The molecule has 8 heteroatoms. The normalized spacial score (nSPS) is 19.4. The smallest absolute Gasteiger partial charge is 0.253 e. The van der Waals surface area contributed by atoms with E-state index in [-0.39, 0.29) is 30.1 Å². The van der Waals surface area contributed by atoms with Crippen LogP contribution in [0.15, 0.2) is 48.8 Å². The lowest BCUT2D eigenvalue weighted by Crippen LogP contribution is -2.38. The molecule has 1 amide bonds. The van der Waals surface area contributed by atoms with E-state index >= 15 is 0 Å². The number of Topliss-reactive ketones (excluding diaryl/α,β-unsaturated/α-hetero) is 1. The molecule has 1 saturated heterocycles. The number of fused-ring (bicyclic) bond motifs is 1. The van der Waals surface area contributed by atoms with E-state index < -0.39 is 0 Å². The Hall–Kier alpha value is -3.65. The molecule has 2 aliphatic heterocycles. The molecule has 1 fully saturated rings. The van der Waals surface area contributed by atoms with E-state index in [2.05, 4.69) is 22.1 Å². The van der Waals surface area contributed by atoms with Gasteiger partial charge in [-0.15, -0.1) is 0 Å². The Labute approximate surface area is 211 Å². The Bertz CT molecular complexity index is 1260. The molecular weight excluding hydrogens is 456 g/mol. The number of aromatic amines is 1. The summed E-state index contributed by atoms with van der Waals surface area (Å²) in [7, 11) is 5.57. The maximum atomic E-state index is 13.3.